The summed E-state index contributed by atoms with van der Waals surface area (Å²) >= 11 is 3.26. The fourth-order valence-corrected chi connectivity index (χ4v) is 1.65. The largest absolute Gasteiger partial charge is 0.347 e. The first-order valence-corrected chi connectivity index (χ1v) is 5.76. The first-order chi connectivity index (χ1) is 7.69. The quantitative estimate of drug-likeness (QED) is 0.921. The highest BCUT2D eigenvalue weighted by Gasteiger charge is 2.14. The Morgan fingerprint density at radius 1 is 1.75 bits per heavy atom. The van der Waals surface area contributed by atoms with Gasteiger partial charge >= 0.3 is 0 Å². The van der Waals surface area contributed by atoms with Gasteiger partial charge in [0, 0.05) is 16.7 Å². The Morgan fingerprint density at radius 3 is 3.06 bits per heavy atom. The summed E-state index contributed by atoms with van der Waals surface area (Å²) < 4.78 is 0.652. The Hall–Kier alpha value is -1.41. The molecule has 1 N–H and O–H groups in total. The summed E-state index contributed by atoms with van der Waals surface area (Å²) in [5.74, 6) is -0.255. The molecule has 0 bridgehead atoms. The van der Waals surface area contributed by atoms with E-state index < -0.39 is 0 Å². The summed E-state index contributed by atoms with van der Waals surface area (Å²) in [6.45, 7) is 1.93. The summed E-state index contributed by atoms with van der Waals surface area (Å²) in [5.41, 5.74) is 0.346. The average molecular weight is 282 g/mol. The maximum absolute atomic E-state index is 11.8. The Morgan fingerprint density at radius 2 is 2.50 bits per heavy atom. The van der Waals surface area contributed by atoms with Crippen LogP contribution in [0.3, 0.4) is 0 Å². The van der Waals surface area contributed by atoms with Crippen LogP contribution in [-0.4, -0.2) is 16.9 Å². The normalized spacial score (nSPS) is 11.6. The molecule has 0 aliphatic carbocycles. The minimum atomic E-state index is -0.255. The molecule has 0 saturated carbocycles. The molecule has 4 nitrogen and oxygen atoms in total. The van der Waals surface area contributed by atoms with E-state index in [1.807, 2.05) is 13.0 Å². The number of halogens is 1. The van der Waals surface area contributed by atoms with Gasteiger partial charge < -0.3 is 5.32 Å². The van der Waals surface area contributed by atoms with Gasteiger partial charge in [-0.15, -0.1) is 0 Å². The van der Waals surface area contributed by atoms with Crippen LogP contribution >= 0.6 is 15.9 Å². The molecular weight excluding hydrogens is 270 g/mol. The van der Waals surface area contributed by atoms with Crippen molar-refractivity contribution >= 4 is 21.8 Å². The maximum atomic E-state index is 11.8. The van der Waals surface area contributed by atoms with Crippen molar-refractivity contribution in [1.82, 2.24) is 10.3 Å². The monoisotopic (exact) mass is 281 g/mol. The van der Waals surface area contributed by atoms with Crippen molar-refractivity contribution in [3.63, 3.8) is 0 Å². The molecule has 0 aliphatic rings. The average Bonchev–Trinajstić information content (AvgIpc) is 2.28. The van der Waals surface area contributed by atoms with Crippen molar-refractivity contribution in [1.29, 1.82) is 5.26 Å². The first-order valence-electron chi connectivity index (χ1n) is 4.97. The fraction of sp³-hybridized carbons (Fsp3) is 0.364. The van der Waals surface area contributed by atoms with Crippen molar-refractivity contribution in [2.24, 2.45) is 0 Å². The number of aromatic nitrogens is 1. The smallest absolute Gasteiger partial charge is 0.271 e. The van der Waals surface area contributed by atoms with Crippen LogP contribution in [0.2, 0.25) is 0 Å². The van der Waals surface area contributed by atoms with E-state index in [0.29, 0.717) is 16.6 Å². The van der Waals surface area contributed by atoms with E-state index >= 15 is 0 Å². The second-order valence-corrected chi connectivity index (χ2v) is 4.13. The van der Waals surface area contributed by atoms with Crippen molar-refractivity contribution < 1.29 is 4.79 Å². The van der Waals surface area contributed by atoms with Gasteiger partial charge in [0.05, 0.1) is 12.5 Å². The lowest BCUT2D eigenvalue weighted by molar-refractivity contribution is 0.0930. The lowest BCUT2D eigenvalue weighted by Gasteiger charge is -2.13. The zero-order valence-corrected chi connectivity index (χ0v) is 10.5. The van der Waals surface area contributed by atoms with Gasteiger partial charge in [-0.25, -0.2) is 4.98 Å². The van der Waals surface area contributed by atoms with E-state index in [1.165, 1.54) is 0 Å². The van der Waals surface area contributed by atoms with E-state index in [9.17, 15) is 4.79 Å². The first kappa shape index (κ1) is 12.7. The number of nitriles is 1. The third-order valence-corrected chi connectivity index (χ3v) is 2.78. The number of hydrogen-bond donors (Lipinski definition) is 1. The minimum Gasteiger partial charge on any atom is -0.347 e. The lowest BCUT2D eigenvalue weighted by Crippen LogP contribution is -2.34. The Kier molecular flexibility index (Phi) is 4.93. The molecule has 16 heavy (non-hydrogen) atoms. The molecule has 1 rings (SSSR count). The zero-order chi connectivity index (χ0) is 12.0. The summed E-state index contributed by atoms with van der Waals surface area (Å²) in [4.78, 5) is 15.8. The molecule has 0 spiro atoms. The molecule has 1 amide bonds. The Labute approximate surface area is 103 Å². The second kappa shape index (κ2) is 6.23. The van der Waals surface area contributed by atoms with E-state index in [0.717, 1.165) is 6.42 Å². The van der Waals surface area contributed by atoms with Crippen LogP contribution in [0.4, 0.5) is 0 Å². The summed E-state index contributed by atoms with van der Waals surface area (Å²) in [6, 6.07) is 5.42. The molecule has 0 aromatic carbocycles. The van der Waals surface area contributed by atoms with Crippen molar-refractivity contribution in [3.05, 3.63) is 28.5 Å². The van der Waals surface area contributed by atoms with Gasteiger partial charge in [-0.3, -0.25) is 4.79 Å². The molecule has 1 atom stereocenters. The van der Waals surface area contributed by atoms with E-state index in [4.69, 9.17) is 5.26 Å². The number of amides is 1. The molecule has 0 aliphatic heterocycles. The van der Waals surface area contributed by atoms with Crippen LogP contribution in [0.1, 0.15) is 30.3 Å². The molecule has 5 heteroatoms. The summed E-state index contributed by atoms with van der Waals surface area (Å²) in [6.07, 6.45) is 2.60. The SMILES string of the molecule is CCC(CC#N)NC(=O)c1ncccc1Br. The molecule has 0 saturated heterocycles. The van der Waals surface area contributed by atoms with Crippen LogP contribution in [0.15, 0.2) is 22.8 Å². The standard InChI is InChI=1S/C11H12BrN3O/c1-2-8(5-6-13)15-11(16)10-9(12)4-3-7-14-10/h3-4,7-8H,2,5H2,1H3,(H,15,16). The van der Waals surface area contributed by atoms with Gasteiger partial charge in [0.2, 0.25) is 0 Å². The number of carbonyl (C=O) groups excluding carboxylic acids is 1. The van der Waals surface area contributed by atoms with Gasteiger partial charge in [-0.1, -0.05) is 6.92 Å². The van der Waals surface area contributed by atoms with Gasteiger partial charge in [0.1, 0.15) is 5.69 Å². The predicted octanol–water partition coefficient (Wildman–Crippen LogP) is 2.27. The number of nitrogens with one attached hydrogen (secondary N) is 1. The molecular formula is C11H12BrN3O. The topological polar surface area (TPSA) is 65.8 Å². The molecule has 1 unspecified atom stereocenters. The van der Waals surface area contributed by atoms with Crippen LogP contribution in [0.5, 0.6) is 0 Å². The van der Waals surface area contributed by atoms with E-state index in [1.54, 1.807) is 18.3 Å². The van der Waals surface area contributed by atoms with Crippen LogP contribution < -0.4 is 5.32 Å². The van der Waals surface area contributed by atoms with Crippen molar-refractivity contribution in [2.75, 3.05) is 0 Å². The fourth-order valence-electron chi connectivity index (χ4n) is 1.21. The molecule has 1 aromatic rings. The second-order valence-electron chi connectivity index (χ2n) is 3.27. The van der Waals surface area contributed by atoms with E-state index in [2.05, 4.69) is 26.2 Å². The minimum absolute atomic E-state index is 0.119. The number of pyridine rings is 1. The van der Waals surface area contributed by atoms with Crippen molar-refractivity contribution in [3.8, 4) is 6.07 Å². The van der Waals surface area contributed by atoms with Gasteiger partial charge in [0.25, 0.3) is 5.91 Å². The summed E-state index contributed by atoms with van der Waals surface area (Å²) in [7, 11) is 0. The van der Waals surface area contributed by atoms with Crippen LogP contribution in [0.25, 0.3) is 0 Å². The highest BCUT2D eigenvalue weighted by atomic mass is 79.9. The highest BCUT2D eigenvalue weighted by Crippen LogP contribution is 2.13. The molecule has 1 aromatic heterocycles. The van der Waals surface area contributed by atoms with Gasteiger partial charge in [-0.2, -0.15) is 5.26 Å². The third-order valence-electron chi connectivity index (χ3n) is 2.14. The third kappa shape index (κ3) is 3.31. The zero-order valence-electron chi connectivity index (χ0n) is 8.90. The molecule has 84 valence electrons. The number of hydrogen-bond acceptors (Lipinski definition) is 3. The molecule has 0 radical (unpaired) electrons. The van der Waals surface area contributed by atoms with Gasteiger partial charge in [-0.05, 0) is 34.5 Å². The Balaban J connectivity index is 2.73. The predicted molar refractivity (Wildman–Crippen MR) is 63.7 cm³/mol. The van der Waals surface area contributed by atoms with Crippen molar-refractivity contribution in [2.45, 2.75) is 25.8 Å². The van der Waals surface area contributed by atoms with E-state index in [-0.39, 0.29) is 11.9 Å². The molecule has 0 fully saturated rings. The number of carbonyl (C=O) groups is 1. The molecule has 1 heterocycles. The lowest BCUT2D eigenvalue weighted by atomic mass is 10.1. The van der Waals surface area contributed by atoms with Crippen LogP contribution in [-0.2, 0) is 0 Å². The van der Waals surface area contributed by atoms with Crippen LogP contribution in [0, 0.1) is 11.3 Å². The highest BCUT2D eigenvalue weighted by molar-refractivity contribution is 9.10. The Bertz CT molecular complexity index is 414. The number of rotatable bonds is 4. The van der Waals surface area contributed by atoms with Gasteiger partial charge in [0.15, 0.2) is 0 Å². The number of nitrogens with zero attached hydrogens (tertiary/aromatic N) is 2. The summed E-state index contributed by atoms with van der Waals surface area (Å²) in [5, 5.41) is 11.4. The maximum Gasteiger partial charge on any atom is 0.271 e.